The lowest BCUT2D eigenvalue weighted by Gasteiger charge is -2.24. The van der Waals surface area contributed by atoms with Crippen LogP contribution in [0.25, 0.3) is 0 Å². The van der Waals surface area contributed by atoms with Gasteiger partial charge >= 0.3 is 0 Å². The molecule has 8 nitrogen and oxygen atoms in total. The summed E-state index contributed by atoms with van der Waals surface area (Å²) in [6, 6.07) is 18.5. The van der Waals surface area contributed by atoms with Crippen LogP contribution in [-0.2, 0) is 21.4 Å². The minimum absolute atomic E-state index is 0.0941. The van der Waals surface area contributed by atoms with Crippen LogP contribution < -0.4 is 23.8 Å². The first kappa shape index (κ1) is 26.9. The van der Waals surface area contributed by atoms with Gasteiger partial charge in [-0.2, -0.15) is 0 Å². The van der Waals surface area contributed by atoms with Crippen molar-refractivity contribution in [3.8, 4) is 17.2 Å². The van der Waals surface area contributed by atoms with Gasteiger partial charge in [-0.15, -0.1) is 0 Å². The molecule has 0 aromatic heterocycles. The molecule has 3 aromatic carbocycles. The third-order valence-corrected chi connectivity index (χ3v) is 7.12. The number of ether oxygens (including phenoxy) is 3. The van der Waals surface area contributed by atoms with Gasteiger partial charge in [0.25, 0.3) is 10.0 Å². The van der Waals surface area contributed by atoms with Crippen molar-refractivity contribution in [1.29, 1.82) is 0 Å². The fourth-order valence-corrected chi connectivity index (χ4v) is 4.92. The molecule has 0 saturated heterocycles. The van der Waals surface area contributed by atoms with E-state index in [0.717, 1.165) is 15.4 Å². The quantitative estimate of drug-likeness (QED) is 0.389. The maximum absolute atomic E-state index is 13.5. The third-order valence-electron chi connectivity index (χ3n) is 5.33. The Bertz CT molecular complexity index is 1280. The second kappa shape index (κ2) is 12.3. The van der Waals surface area contributed by atoms with Gasteiger partial charge in [0.1, 0.15) is 12.3 Å². The summed E-state index contributed by atoms with van der Waals surface area (Å²) < 4.78 is 44.7. The lowest BCUT2D eigenvalue weighted by atomic mass is 10.2. The minimum atomic E-state index is -4.02. The number of hydrogen-bond acceptors (Lipinski definition) is 6. The number of sulfonamides is 1. The normalized spacial score (nSPS) is 11.0. The molecule has 3 rings (SSSR count). The Balaban J connectivity index is 1.83. The smallest absolute Gasteiger partial charge is 0.264 e. The SMILES string of the molecule is CCOc1ccc(CNC(=O)CN(c2cccc(OC)c2)S(=O)(=O)c2ccc(C)cc2)cc1OCC. The Hall–Kier alpha value is -3.72. The fraction of sp³-hybridized carbons (Fsp3) is 0.296. The molecule has 0 heterocycles. The number of anilines is 1. The second-order valence-electron chi connectivity index (χ2n) is 7.95. The molecule has 0 aliphatic rings. The molecule has 0 unspecified atom stereocenters. The van der Waals surface area contributed by atoms with E-state index in [-0.39, 0.29) is 11.4 Å². The summed E-state index contributed by atoms with van der Waals surface area (Å²) in [5.74, 6) is 1.24. The summed E-state index contributed by atoms with van der Waals surface area (Å²) in [7, 11) is -2.52. The number of hydrogen-bond donors (Lipinski definition) is 1. The van der Waals surface area contributed by atoms with Gasteiger partial charge in [-0.05, 0) is 62.7 Å². The van der Waals surface area contributed by atoms with Crippen molar-refractivity contribution in [2.24, 2.45) is 0 Å². The Labute approximate surface area is 212 Å². The number of nitrogens with one attached hydrogen (secondary N) is 1. The van der Waals surface area contributed by atoms with E-state index in [2.05, 4.69) is 5.32 Å². The van der Waals surface area contributed by atoms with Crippen molar-refractivity contribution < 1.29 is 27.4 Å². The second-order valence-corrected chi connectivity index (χ2v) is 9.81. The van der Waals surface area contributed by atoms with Crippen LogP contribution in [0.4, 0.5) is 5.69 Å². The van der Waals surface area contributed by atoms with Gasteiger partial charge in [0.05, 0.1) is 30.9 Å². The Morgan fingerprint density at radius 2 is 1.61 bits per heavy atom. The maximum atomic E-state index is 13.5. The van der Waals surface area contributed by atoms with Crippen molar-refractivity contribution >= 4 is 21.6 Å². The zero-order valence-electron chi connectivity index (χ0n) is 21.0. The van der Waals surface area contributed by atoms with Crippen molar-refractivity contribution in [1.82, 2.24) is 5.32 Å². The molecular formula is C27H32N2O6S. The van der Waals surface area contributed by atoms with E-state index in [1.807, 2.05) is 26.8 Å². The molecule has 3 aromatic rings. The lowest BCUT2D eigenvalue weighted by molar-refractivity contribution is -0.119. The number of aryl methyl sites for hydroxylation is 1. The first-order chi connectivity index (χ1) is 17.3. The zero-order chi connectivity index (χ0) is 26.1. The number of carbonyl (C=O) groups is 1. The molecule has 1 amide bonds. The number of nitrogens with zero attached hydrogens (tertiary/aromatic N) is 1. The van der Waals surface area contributed by atoms with Gasteiger partial charge in [-0.3, -0.25) is 9.10 Å². The molecule has 0 atom stereocenters. The zero-order valence-corrected chi connectivity index (χ0v) is 21.8. The molecule has 9 heteroatoms. The highest BCUT2D eigenvalue weighted by Gasteiger charge is 2.27. The summed E-state index contributed by atoms with van der Waals surface area (Å²) in [6.45, 7) is 6.42. The maximum Gasteiger partial charge on any atom is 0.264 e. The van der Waals surface area contributed by atoms with E-state index >= 15 is 0 Å². The minimum Gasteiger partial charge on any atom is -0.497 e. The van der Waals surface area contributed by atoms with Gasteiger partial charge in [0, 0.05) is 12.6 Å². The lowest BCUT2D eigenvalue weighted by Crippen LogP contribution is -2.40. The predicted octanol–water partition coefficient (Wildman–Crippen LogP) is 4.31. The summed E-state index contributed by atoms with van der Waals surface area (Å²) in [6.07, 6.45) is 0. The number of methoxy groups -OCH3 is 1. The molecule has 0 fully saturated rings. The highest BCUT2D eigenvalue weighted by molar-refractivity contribution is 7.92. The van der Waals surface area contributed by atoms with Crippen LogP contribution in [-0.4, -0.2) is 41.2 Å². The largest absolute Gasteiger partial charge is 0.497 e. The topological polar surface area (TPSA) is 94.2 Å². The highest BCUT2D eigenvalue weighted by atomic mass is 32.2. The van der Waals surface area contributed by atoms with Crippen molar-refractivity contribution in [2.75, 3.05) is 31.2 Å². The summed E-state index contributed by atoms with van der Waals surface area (Å²) in [5.41, 5.74) is 2.05. The molecule has 36 heavy (non-hydrogen) atoms. The third kappa shape index (κ3) is 6.69. The van der Waals surface area contributed by atoms with Gasteiger partial charge in [0.15, 0.2) is 11.5 Å². The number of carbonyl (C=O) groups excluding carboxylic acids is 1. The average molecular weight is 513 g/mol. The molecule has 192 valence electrons. The molecule has 0 aliphatic heterocycles. The van der Waals surface area contributed by atoms with Crippen LogP contribution in [0.2, 0.25) is 0 Å². The van der Waals surface area contributed by atoms with Crippen LogP contribution in [0.3, 0.4) is 0 Å². The Morgan fingerprint density at radius 1 is 0.917 bits per heavy atom. The van der Waals surface area contributed by atoms with E-state index in [9.17, 15) is 13.2 Å². The first-order valence-corrected chi connectivity index (χ1v) is 13.1. The van der Waals surface area contributed by atoms with E-state index in [1.54, 1.807) is 48.5 Å². The van der Waals surface area contributed by atoms with Crippen LogP contribution in [0.15, 0.2) is 71.6 Å². The Kier molecular flexibility index (Phi) is 9.19. The van der Waals surface area contributed by atoms with Crippen LogP contribution in [0, 0.1) is 6.92 Å². The summed E-state index contributed by atoms with van der Waals surface area (Å²) in [4.78, 5) is 13.1. The molecular weight excluding hydrogens is 480 g/mol. The predicted molar refractivity (Wildman–Crippen MR) is 139 cm³/mol. The van der Waals surface area contributed by atoms with Gasteiger partial charge in [-0.25, -0.2) is 8.42 Å². The Morgan fingerprint density at radius 3 is 2.28 bits per heavy atom. The van der Waals surface area contributed by atoms with E-state index in [4.69, 9.17) is 14.2 Å². The van der Waals surface area contributed by atoms with Crippen LogP contribution in [0.5, 0.6) is 17.2 Å². The van der Waals surface area contributed by atoms with Crippen LogP contribution >= 0.6 is 0 Å². The molecule has 0 bridgehead atoms. The van der Waals surface area contributed by atoms with Crippen molar-refractivity contribution in [3.63, 3.8) is 0 Å². The van der Waals surface area contributed by atoms with Crippen molar-refractivity contribution in [3.05, 3.63) is 77.9 Å². The van der Waals surface area contributed by atoms with Gasteiger partial charge in [0.2, 0.25) is 5.91 Å². The number of benzene rings is 3. The standard InChI is InChI=1S/C27H32N2O6S/c1-5-34-25-15-12-21(16-26(25)35-6-2)18-28-27(30)19-29(22-8-7-9-23(17-22)33-4)36(31,32)24-13-10-20(3)11-14-24/h7-17H,5-6,18-19H2,1-4H3,(H,28,30). The molecule has 1 N–H and O–H groups in total. The number of rotatable bonds is 12. The summed E-state index contributed by atoms with van der Waals surface area (Å²) in [5, 5.41) is 2.81. The van der Waals surface area contributed by atoms with E-state index < -0.39 is 22.5 Å². The molecule has 0 aliphatic carbocycles. The first-order valence-electron chi connectivity index (χ1n) is 11.7. The molecule has 0 radical (unpaired) electrons. The molecule has 0 saturated carbocycles. The monoisotopic (exact) mass is 512 g/mol. The molecule has 0 spiro atoms. The highest BCUT2D eigenvalue weighted by Crippen LogP contribution is 2.29. The van der Waals surface area contributed by atoms with Crippen LogP contribution in [0.1, 0.15) is 25.0 Å². The van der Waals surface area contributed by atoms with Gasteiger partial charge < -0.3 is 19.5 Å². The van der Waals surface area contributed by atoms with E-state index in [0.29, 0.717) is 36.1 Å². The fourth-order valence-electron chi connectivity index (χ4n) is 3.51. The van der Waals surface area contributed by atoms with E-state index in [1.165, 1.54) is 19.2 Å². The number of amides is 1. The van der Waals surface area contributed by atoms with Gasteiger partial charge in [-0.1, -0.05) is 29.8 Å². The average Bonchev–Trinajstić information content (AvgIpc) is 2.87. The van der Waals surface area contributed by atoms with Crippen molar-refractivity contribution in [2.45, 2.75) is 32.2 Å². The summed E-state index contributed by atoms with van der Waals surface area (Å²) >= 11 is 0.